The number of hydrogen-bond acceptors (Lipinski definition) is 6. The first-order valence-electron chi connectivity index (χ1n) is 9.07. The lowest BCUT2D eigenvalue weighted by molar-refractivity contribution is 0.0848. The molecule has 1 aromatic carbocycles. The van der Waals surface area contributed by atoms with Crippen molar-refractivity contribution >= 4 is 33.8 Å². The SMILES string of the molecule is C.C.C.C.C.C[Si](C)(C)OCO[Si](C)(C)O.C[Si](C)(C)Oc1ccc(O[Si](C)(C)O)cc1. The lowest BCUT2D eigenvalue weighted by Gasteiger charge is -2.21. The summed E-state index contributed by atoms with van der Waals surface area (Å²) in [5.74, 6) is 1.56. The van der Waals surface area contributed by atoms with E-state index in [4.69, 9.17) is 17.7 Å². The fourth-order valence-corrected chi connectivity index (χ4v) is 4.00. The summed E-state index contributed by atoms with van der Waals surface area (Å²) in [7, 11) is -7.87. The van der Waals surface area contributed by atoms with Gasteiger partial charge in [-0.1, -0.05) is 37.1 Å². The molecule has 0 aromatic heterocycles. The van der Waals surface area contributed by atoms with Crippen molar-refractivity contribution < 1.29 is 27.3 Å². The zero-order chi connectivity index (χ0) is 21.5. The standard InChI is InChI=1S/C11H20O3Si2.C6H18O3Si2.5CH4/c1-15(2,3)13-10-6-8-11(9-7-10)14-16(4,5)12;1-10(2,3)8-6-9-11(4,5)7;;;;;/h6-9,12H,1-5H3;7H,6H2,1-5H3;5*1H4. The molecule has 198 valence electrons. The van der Waals surface area contributed by atoms with Gasteiger partial charge >= 0.3 is 17.1 Å². The monoisotopic (exact) mass is 530 g/mol. The number of benzene rings is 1. The van der Waals surface area contributed by atoms with Crippen LogP contribution in [0.5, 0.6) is 11.5 Å². The van der Waals surface area contributed by atoms with Gasteiger partial charge in [0.1, 0.15) is 18.3 Å². The van der Waals surface area contributed by atoms with E-state index in [2.05, 4.69) is 39.3 Å². The molecule has 0 aliphatic rings. The third-order valence-corrected chi connectivity index (χ3v) is 5.91. The average molecular weight is 531 g/mol. The van der Waals surface area contributed by atoms with Gasteiger partial charge in [-0.15, -0.1) is 0 Å². The molecule has 0 amide bonds. The van der Waals surface area contributed by atoms with E-state index in [1.54, 1.807) is 26.2 Å². The van der Waals surface area contributed by atoms with Crippen LogP contribution in [0.1, 0.15) is 37.1 Å². The van der Waals surface area contributed by atoms with E-state index in [1.807, 2.05) is 24.3 Å². The maximum atomic E-state index is 9.62. The second-order valence-electron chi connectivity index (χ2n) is 9.20. The highest BCUT2D eigenvalue weighted by molar-refractivity contribution is 6.70. The Kier molecular flexibility index (Phi) is 25.3. The van der Waals surface area contributed by atoms with Crippen molar-refractivity contribution in [2.24, 2.45) is 0 Å². The highest BCUT2D eigenvalue weighted by Gasteiger charge is 2.22. The van der Waals surface area contributed by atoms with Gasteiger partial charge in [0.25, 0.3) is 0 Å². The summed E-state index contributed by atoms with van der Waals surface area (Å²) in [5, 5.41) is 0. The summed E-state index contributed by atoms with van der Waals surface area (Å²) in [4.78, 5) is 18.9. The lowest BCUT2D eigenvalue weighted by atomic mass is 10.3. The molecule has 0 aliphatic heterocycles. The molecule has 0 bridgehead atoms. The summed E-state index contributed by atoms with van der Waals surface area (Å²) in [6.07, 6.45) is 0. The molecule has 0 saturated carbocycles. The molecule has 32 heavy (non-hydrogen) atoms. The van der Waals surface area contributed by atoms with Crippen LogP contribution in [0.2, 0.25) is 65.5 Å². The van der Waals surface area contributed by atoms with E-state index in [1.165, 1.54) is 0 Å². The van der Waals surface area contributed by atoms with Gasteiger partial charge in [-0.3, -0.25) is 0 Å². The molecule has 6 nitrogen and oxygen atoms in total. The largest absolute Gasteiger partial charge is 0.544 e. The van der Waals surface area contributed by atoms with Crippen LogP contribution in [0.4, 0.5) is 0 Å². The van der Waals surface area contributed by atoms with Crippen LogP contribution in [0.3, 0.4) is 0 Å². The number of hydrogen-bond donors (Lipinski definition) is 2. The molecule has 0 atom stereocenters. The van der Waals surface area contributed by atoms with Gasteiger partial charge in [0.05, 0.1) is 0 Å². The fraction of sp³-hybridized carbons (Fsp3) is 0.727. The van der Waals surface area contributed by atoms with Crippen LogP contribution < -0.4 is 8.85 Å². The molecular formula is C22H58O6Si4. The minimum absolute atomic E-state index is 0. The van der Waals surface area contributed by atoms with Crippen molar-refractivity contribution in [1.29, 1.82) is 0 Å². The minimum Gasteiger partial charge on any atom is -0.544 e. The quantitative estimate of drug-likeness (QED) is 0.265. The fourth-order valence-electron chi connectivity index (χ4n) is 1.57. The van der Waals surface area contributed by atoms with Gasteiger partial charge in [0.2, 0.25) is 8.32 Å². The molecule has 0 aliphatic carbocycles. The first-order chi connectivity index (χ1) is 11.9. The van der Waals surface area contributed by atoms with E-state index in [0.29, 0.717) is 5.75 Å². The summed E-state index contributed by atoms with van der Waals surface area (Å²) < 4.78 is 21.8. The summed E-state index contributed by atoms with van der Waals surface area (Å²) >= 11 is 0. The molecule has 0 saturated heterocycles. The minimum atomic E-state index is -2.49. The zero-order valence-corrected chi connectivity index (χ0v) is 22.5. The second kappa shape index (κ2) is 17.9. The Morgan fingerprint density at radius 3 is 1.12 bits per heavy atom. The van der Waals surface area contributed by atoms with Gasteiger partial charge in [-0.25, -0.2) is 0 Å². The highest BCUT2D eigenvalue weighted by atomic mass is 28.4. The molecular weight excluding hydrogens is 473 g/mol. The van der Waals surface area contributed by atoms with Crippen molar-refractivity contribution in [2.75, 3.05) is 6.79 Å². The molecule has 1 aromatic rings. The van der Waals surface area contributed by atoms with Gasteiger partial charge in [-0.2, -0.15) is 0 Å². The average Bonchev–Trinajstić information content (AvgIpc) is 2.35. The molecule has 0 unspecified atom stereocenters. The first-order valence-corrected chi connectivity index (χ1v) is 21.6. The molecule has 0 radical (unpaired) electrons. The Morgan fingerprint density at radius 2 is 0.875 bits per heavy atom. The van der Waals surface area contributed by atoms with Crippen LogP contribution in [-0.2, 0) is 8.85 Å². The van der Waals surface area contributed by atoms with E-state index >= 15 is 0 Å². The third-order valence-electron chi connectivity index (χ3n) is 2.52. The Morgan fingerprint density at radius 1 is 0.531 bits per heavy atom. The van der Waals surface area contributed by atoms with Gasteiger partial charge in [0, 0.05) is 0 Å². The predicted molar refractivity (Wildman–Crippen MR) is 154 cm³/mol. The van der Waals surface area contributed by atoms with E-state index in [0.717, 1.165) is 5.75 Å². The summed E-state index contributed by atoms with van der Waals surface area (Å²) in [6, 6.07) is 7.43. The molecule has 0 heterocycles. The second-order valence-corrected chi connectivity index (χ2v) is 24.4. The lowest BCUT2D eigenvalue weighted by Crippen LogP contribution is -2.35. The van der Waals surface area contributed by atoms with Crippen molar-refractivity contribution in [3.05, 3.63) is 24.3 Å². The van der Waals surface area contributed by atoms with Gasteiger partial charge < -0.3 is 27.3 Å². The Labute approximate surface area is 206 Å². The van der Waals surface area contributed by atoms with Crippen LogP contribution in [0, 0.1) is 0 Å². The Balaban J connectivity index is -0.0000000960. The van der Waals surface area contributed by atoms with Crippen molar-refractivity contribution in [3.8, 4) is 11.5 Å². The van der Waals surface area contributed by atoms with E-state index in [-0.39, 0.29) is 43.9 Å². The highest BCUT2D eigenvalue weighted by Crippen LogP contribution is 2.22. The van der Waals surface area contributed by atoms with Crippen LogP contribution in [0.25, 0.3) is 0 Å². The summed E-state index contributed by atoms with van der Waals surface area (Å²) in [5.41, 5.74) is 0. The topological polar surface area (TPSA) is 77.4 Å². The Hall–Kier alpha value is -0.472. The molecule has 1 rings (SSSR count). The van der Waals surface area contributed by atoms with Crippen LogP contribution in [-0.4, -0.2) is 50.1 Å². The van der Waals surface area contributed by atoms with Crippen molar-refractivity contribution in [2.45, 2.75) is 103 Å². The normalized spacial score (nSPS) is 10.9. The van der Waals surface area contributed by atoms with E-state index in [9.17, 15) is 9.59 Å². The third kappa shape index (κ3) is 31.7. The molecule has 0 spiro atoms. The maximum absolute atomic E-state index is 9.62. The maximum Gasteiger partial charge on any atom is 0.389 e. The van der Waals surface area contributed by atoms with Crippen molar-refractivity contribution in [1.82, 2.24) is 0 Å². The summed E-state index contributed by atoms with van der Waals surface area (Å²) in [6.45, 7) is 19.8. The first kappa shape index (κ1) is 45.1. The van der Waals surface area contributed by atoms with E-state index < -0.39 is 33.8 Å². The molecule has 0 fully saturated rings. The smallest absolute Gasteiger partial charge is 0.389 e. The van der Waals surface area contributed by atoms with Gasteiger partial charge in [-0.05, 0) is 89.7 Å². The predicted octanol–water partition coefficient (Wildman–Crippen LogP) is 7.66. The van der Waals surface area contributed by atoms with Crippen LogP contribution >= 0.6 is 0 Å². The van der Waals surface area contributed by atoms with Crippen LogP contribution in [0.15, 0.2) is 24.3 Å². The zero-order valence-electron chi connectivity index (χ0n) is 18.5. The molecule has 10 heteroatoms. The molecule has 2 N–H and O–H groups in total. The van der Waals surface area contributed by atoms with Gasteiger partial charge in [0.15, 0.2) is 8.32 Å². The Bertz CT molecular complexity index is 493. The van der Waals surface area contributed by atoms with Crippen molar-refractivity contribution in [3.63, 3.8) is 0 Å². The number of rotatable bonds is 8.